The second-order valence-corrected chi connectivity index (χ2v) is 4.50. The molecule has 21 heteroatoms. The molecule has 0 spiro atoms. The van der Waals surface area contributed by atoms with Gasteiger partial charge in [0, 0.05) is 0 Å². The summed E-state index contributed by atoms with van der Waals surface area (Å²) in [6, 6.07) is 0. The molecule has 0 bridgehead atoms. The fourth-order valence-corrected chi connectivity index (χ4v) is 0. The molecule has 0 rings (SSSR count). The monoisotopic (exact) mass is 548 g/mol. The Morgan fingerprint density at radius 1 is 0.286 bits per heavy atom. The quantitative estimate of drug-likeness (QED) is 0.254. The SMILES string of the molecule is [Na+].[Na+].[Na+].[Na+].[O-][Si]([O-])([O-])[O-].[O-][Si]([O-])([O-])[O-].[O-][Si]([O-])([O-])[O-].[Zr+4].[Zr+4]. The molecular formula is Na4O12Si3Zr2. The first-order chi connectivity index (χ1) is 6.00. The van der Waals surface area contributed by atoms with Crippen molar-refractivity contribution in [3.05, 3.63) is 0 Å². The third-order valence-corrected chi connectivity index (χ3v) is 0. The minimum Gasteiger partial charge on any atom is -0.894 e. The zero-order valence-corrected chi connectivity index (χ0v) is 27.3. The molecule has 0 atom stereocenters. The molecule has 96 valence electrons. The van der Waals surface area contributed by atoms with Crippen molar-refractivity contribution in [2.24, 2.45) is 0 Å². The Kier molecular flexibility index (Phi) is 75.5. The summed E-state index contributed by atoms with van der Waals surface area (Å²) >= 11 is 0. The smallest absolute Gasteiger partial charge is 0.894 e. The summed E-state index contributed by atoms with van der Waals surface area (Å²) in [5.74, 6) is 0. The van der Waals surface area contributed by atoms with E-state index in [1.165, 1.54) is 0 Å². The van der Waals surface area contributed by atoms with Crippen LogP contribution in [-0.4, -0.2) is 27.1 Å². The molecule has 0 heterocycles. The summed E-state index contributed by atoms with van der Waals surface area (Å²) in [4.78, 5) is 103. The summed E-state index contributed by atoms with van der Waals surface area (Å²) in [7, 11) is -16.8. The van der Waals surface area contributed by atoms with Crippen LogP contribution in [0.2, 0.25) is 0 Å². The molecule has 0 aliphatic rings. The van der Waals surface area contributed by atoms with E-state index in [4.69, 9.17) is 57.5 Å². The first-order valence-electron chi connectivity index (χ1n) is 2.45. The van der Waals surface area contributed by atoms with E-state index in [-0.39, 0.29) is 171 Å². The van der Waals surface area contributed by atoms with Crippen molar-refractivity contribution in [2.75, 3.05) is 0 Å². The molecule has 0 amide bonds. The third-order valence-electron chi connectivity index (χ3n) is 0. The van der Waals surface area contributed by atoms with Gasteiger partial charge in [-0.2, -0.15) is 0 Å². The van der Waals surface area contributed by atoms with Gasteiger partial charge in [0.1, 0.15) is 0 Å². The van der Waals surface area contributed by atoms with Crippen LogP contribution in [-0.2, 0) is 52.4 Å². The molecular weight excluding hydrogens is 551 g/mol. The third kappa shape index (κ3) is 422. The molecule has 0 aromatic heterocycles. The Hall–Kier alpha value is 5.94. The maximum absolute atomic E-state index is 8.58. The van der Waals surface area contributed by atoms with Gasteiger partial charge in [-0.1, -0.05) is 0 Å². The van der Waals surface area contributed by atoms with Crippen molar-refractivity contribution in [1.29, 1.82) is 0 Å². The van der Waals surface area contributed by atoms with Gasteiger partial charge in [0.2, 0.25) is 0 Å². The van der Waals surface area contributed by atoms with E-state index in [0.717, 1.165) is 0 Å². The minimum absolute atomic E-state index is 0. The molecule has 0 fully saturated rings. The summed E-state index contributed by atoms with van der Waals surface area (Å²) in [6.07, 6.45) is 0. The molecule has 12 nitrogen and oxygen atoms in total. The van der Waals surface area contributed by atoms with Crippen LogP contribution in [0.5, 0.6) is 0 Å². The minimum atomic E-state index is -5.61. The van der Waals surface area contributed by atoms with Crippen LogP contribution in [0, 0.1) is 0 Å². The summed E-state index contributed by atoms with van der Waals surface area (Å²) in [6.45, 7) is 0. The van der Waals surface area contributed by atoms with Gasteiger partial charge in [-0.15, -0.1) is 0 Å². The van der Waals surface area contributed by atoms with Gasteiger partial charge in [0.15, 0.2) is 0 Å². The van der Waals surface area contributed by atoms with Crippen LogP contribution in [0.4, 0.5) is 0 Å². The first kappa shape index (κ1) is 56.3. The topological polar surface area (TPSA) is 277 Å². The molecule has 0 aliphatic carbocycles. The molecule has 0 unspecified atom stereocenters. The number of hydrogen-bond acceptors (Lipinski definition) is 12. The molecule has 0 saturated carbocycles. The predicted octanol–water partition coefficient (Wildman–Crippen LogP) is -27.4. The predicted molar refractivity (Wildman–Crippen MR) is 17.3 cm³/mol. The maximum atomic E-state index is 8.58. The molecule has 0 saturated heterocycles. The summed E-state index contributed by atoms with van der Waals surface area (Å²) < 4.78 is 0. The molecule has 0 aromatic carbocycles. The fourth-order valence-electron chi connectivity index (χ4n) is 0. The van der Waals surface area contributed by atoms with Gasteiger partial charge >= 0.3 is 171 Å². The molecule has 0 radical (unpaired) electrons. The molecule has 21 heavy (non-hydrogen) atoms. The van der Waals surface area contributed by atoms with E-state index in [2.05, 4.69) is 0 Å². The first-order valence-corrected chi connectivity index (χ1v) is 7.35. The van der Waals surface area contributed by atoms with Gasteiger partial charge in [-0.05, 0) is 0 Å². The zero-order chi connectivity index (χ0) is 13.5. The van der Waals surface area contributed by atoms with Crippen LogP contribution in [0.25, 0.3) is 0 Å². The van der Waals surface area contributed by atoms with Crippen molar-refractivity contribution in [3.63, 3.8) is 0 Å². The van der Waals surface area contributed by atoms with Crippen LogP contribution >= 0.6 is 0 Å². The molecule has 0 aromatic rings. The van der Waals surface area contributed by atoms with Gasteiger partial charge in [0.05, 0.1) is 0 Å². The Balaban J connectivity index is -0.0000000129. The number of hydrogen-bond donors (Lipinski definition) is 0. The van der Waals surface area contributed by atoms with E-state index < -0.39 is 27.1 Å². The zero-order valence-electron chi connectivity index (χ0n) is 11.4. The fraction of sp³-hybridized carbons (Fsp3) is 0. The van der Waals surface area contributed by atoms with E-state index in [9.17, 15) is 0 Å². The Morgan fingerprint density at radius 3 is 0.286 bits per heavy atom. The van der Waals surface area contributed by atoms with E-state index >= 15 is 0 Å². The van der Waals surface area contributed by atoms with Crippen LogP contribution < -0.4 is 176 Å². The van der Waals surface area contributed by atoms with E-state index in [0.29, 0.717) is 0 Å². The van der Waals surface area contributed by atoms with E-state index in [1.807, 2.05) is 0 Å². The summed E-state index contributed by atoms with van der Waals surface area (Å²) in [5, 5.41) is 0. The second kappa shape index (κ2) is 28.1. The standard InChI is InChI=1S/4Na.3O4Si.2Zr/c;;;;3*1-5(2,3)4;;/q4*+1;3*-4;2*+4. The Morgan fingerprint density at radius 2 is 0.286 bits per heavy atom. The van der Waals surface area contributed by atoms with Gasteiger partial charge < -0.3 is 84.7 Å². The number of rotatable bonds is 0. The molecule has 0 aliphatic heterocycles. The van der Waals surface area contributed by atoms with Crippen LogP contribution in [0.1, 0.15) is 0 Å². The van der Waals surface area contributed by atoms with Crippen LogP contribution in [0.3, 0.4) is 0 Å². The second-order valence-electron chi connectivity index (χ2n) is 1.50. The Bertz CT molecular complexity index is 110. The van der Waals surface area contributed by atoms with Gasteiger partial charge in [0.25, 0.3) is 0 Å². The van der Waals surface area contributed by atoms with Crippen molar-refractivity contribution in [2.45, 2.75) is 0 Å². The van der Waals surface area contributed by atoms with Crippen LogP contribution in [0.15, 0.2) is 0 Å². The van der Waals surface area contributed by atoms with Gasteiger partial charge in [-0.3, -0.25) is 0 Å². The average molecular weight is 551 g/mol. The van der Waals surface area contributed by atoms with Crippen molar-refractivity contribution in [1.82, 2.24) is 0 Å². The normalized spacial score (nSPS) is 8.57. The van der Waals surface area contributed by atoms with E-state index in [1.54, 1.807) is 0 Å². The summed E-state index contributed by atoms with van der Waals surface area (Å²) in [5.41, 5.74) is 0. The van der Waals surface area contributed by atoms with Gasteiger partial charge in [-0.25, -0.2) is 0 Å². The van der Waals surface area contributed by atoms with Crippen molar-refractivity contribution < 1.29 is 228 Å². The molecule has 0 N–H and O–H groups in total. The largest absolute Gasteiger partial charge is 4.00 e. The van der Waals surface area contributed by atoms with Crippen molar-refractivity contribution in [3.8, 4) is 0 Å². The Labute approximate surface area is 250 Å². The van der Waals surface area contributed by atoms with Crippen molar-refractivity contribution >= 4 is 27.1 Å². The maximum Gasteiger partial charge on any atom is 4.00 e. The average Bonchev–Trinajstić information content (AvgIpc) is 1.41.